The number of nitrogens with zero attached hydrogens (tertiary/aromatic N) is 3. The lowest BCUT2D eigenvalue weighted by Gasteiger charge is -2.35. The molecule has 0 bridgehead atoms. The Morgan fingerprint density at radius 3 is 3.12 bits per heavy atom. The van der Waals surface area contributed by atoms with E-state index < -0.39 is 0 Å². The fraction of sp³-hybridized carbons (Fsp3) is 0.667. The number of anilines is 1. The maximum atomic E-state index is 6.00. The lowest BCUT2D eigenvalue weighted by molar-refractivity contribution is 0.324. The van der Waals surface area contributed by atoms with Crippen LogP contribution >= 0.6 is 0 Å². The Hall–Kier alpha value is -1.36. The van der Waals surface area contributed by atoms with Gasteiger partial charge < -0.3 is 15.4 Å². The summed E-state index contributed by atoms with van der Waals surface area (Å²) in [5.74, 6) is 1.86. The highest BCUT2D eigenvalue weighted by Gasteiger charge is 2.24. The third-order valence-electron chi connectivity index (χ3n) is 3.16. The average Bonchev–Trinajstić information content (AvgIpc) is 2.33. The molecule has 0 aromatic carbocycles. The number of hydrogen-bond acceptors (Lipinski definition) is 5. The standard InChI is InChI=1S/C12H20N4O/c1-3-17-11-4-6-14-12(15-11)16-7-5-10(13)9(2)8-16/h4,6,9-10H,3,5,7-8,13H2,1-2H3. The molecule has 0 saturated carbocycles. The van der Waals surface area contributed by atoms with Crippen LogP contribution in [0.1, 0.15) is 20.3 Å². The van der Waals surface area contributed by atoms with Gasteiger partial charge in [0.1, 0.15) is 0 Å². The quantitative estimate of drug-likeness (QED) is 0.849. The largest absolute Gasteiger partial charge is 0.478 e. The zero-order valence-electron chi connectivity index (χ0n) is 10.5. The van der Waals surface area contributed by atoms with Crippen LogP contribution in [0.15, 0.2) is 12.3 Å². The molecule has 2 N–H and O–H groups in total. The SMILES string of the molecule is CCOc1ccnc(N2CCC(N)C(C)C2)n1. The summed E-state index contributed by atoms with van der Waals surface area (Å²) in [5.41, 5.74) is 6.00. The second kappa shape index (κ2) is 5.31. The molecule has 1 aliphatic heterocycles. The number of nitrogens with two attached hydrogens (primary N) is 1. The van der Waals surface area contributed by atoms with E-state index in [9.17, 15) is 0 Å². The molecule has 2 unspecified atom stereocenters. The molecule has 17 heavy (non-hydrogen) atoms. The maximum Gasteiger partial charge on any atom is 0.228 e. The van der Waals surface area contributed by atoms with Crippen molar-refractivity contribution in [3.05, 3.63) is 12.3 Å². The summed E-state index contributed by atoms with van der Waals surface area (Å²) in [4.78, 5) is 10.9. The van der Waals surface area contributed by atoms with E-state index in [1.807, 2.05) is 6.92 Å². The van der Waals surface area contributed by atoms with Crippen molar-refractivity contribution in [3.63, 3.8) is 0 Å². The Kier molecular flexibility index (Phi) is 3.78. The Bertz CT molecular complexity index is 371. The predicted molar refractivity (Wildman–Crippen MR) is 67.2 cm³/mol. The molecule has 2 atom stereocenters. The molecule has 1 aliphatic rings. The molecule has 0 aliphatic carbocycles. The molecule has 0 amide bonds. The molecule has 1 aromatic rings. The van der Waals surface area contributed by atoms with Crippen LogP contribution in [-0.4, -0.2) is 35.7 Å². The highest BCUT2D eigenvalue weighted by Crippen LogP contribution is 2.20. The topological polar surface area (TPSA) is 64.3 Å². The van der Waals surface area contributed by atoms with Gasteiger partial charge in [0.25, 0.3) is 0 Å². The van der Waals surface area contributed by atoms with Crippen molar-refractivity contribution in [2.45, 2.75) is 26.3 Å². The summed E-state index contributed by atoms with van der Waals surface area (Å²) in [7, 11) is 0. The fourth-order valence-electron chi connectivity index (χ4n) is 2.06. The van der Waals surface area contributed by atoms with Crippen LogP contribution in [0.25, 0.3) is 0 Å². The first-order valence-electron chi connectivity index (χ1n) is 6.17. The van der Waals surface area contributed by atoms with E-state index in [1.54, 1.807) is 12.3 Å². The van der Waals surface area contributed by atoms with Crippen molar-refractivity contribution in [2.75, 3.05) is 24.6 Å². The Balaban J connectivity index is 2.09. The lowest BCUT2D eigenvalue weighted by Crippen LogP contribution is -2.46. The van der Waals surface area contributed by atoms with Crippen LogP contribution in [0.4, 0.5) is 5.95 Å². The van der Waals surface area contributed by atoms with Gasteiger partial charge in [0.05, 0.1) is 6.61 Å². The van der Waals surface area contributed by atoms with Crippen LogP contribution in [-0.2, 0) is 0 Å². The Labute approximate surface area is 102 Å². The normalized spacial score (nSPS) is 24.8. The first-order chi connectivity index (χ1) is 8.20. The van der Waals surface area contributed by atoms with Gasteiger partial charge in [-0.3, -0.25) is 0 Å². The predicted octanol–water partition coefficient (Wildman–Crippen LogP) is 1.05. The Morgan fingerprint density at radius 2 is 2.41 bits per heavy atom. The summed E-state index contributed by atoms with van der Waals surface area (Å²) in [5, 5.41) is 0. The Morgan fingerprint density at radius 1 is 1.59 bits per heavy atom. The molecule has 0 spiro atoms. The van der Waals surface area contributed by atoms with Crippen molar-refractivity contribution in [1.29, 1.82) is 0 Å². The molecule has 5 nitrogen and oxygen atoms in total. The zero-order valence-corrected chi connectivity index (χ0v) is 10.5. The molecule has 2 rings (SSSR count). The fourth-order valence-corrected chi connectivity index (χ4v) is 2.06. The minimum absolute atomic E-state index is 0.293. The molecular weight excluding hydrogens is 216 g/mol. The molecule has 1 fully saturated rings. The third-order valence-corrected chi connectivity index (χ3v) is 3.16. The van der Waals surface area contributed by atoms with Crippen molar-refractivity contribution in [3.8, 4) is 5.88 Å². The molecule has 1 saturated heterocycles. The highest BCUT2D eigenvalue weighted by molar-refractivity contribution is 5.33. The lowest BCUT2D eigenvalue weighted by atomic mass is 9.95. The smallest absolute Gasteiger partial charge is 0.228 e. The van der Waals surface area contributed by atoms with Crippen LogP contribution in [0.3, 0.4) is 0 Å². The minimum Gasteiger partial charge on any atom is -0.478 e. The van der Waals surface area contributed by atoms with E-state index in [4.69, 9.17) is 10.5 Å². The van der Waals surface area contributed by atoms with E-state index in [1.165, 1.54) is 0 Å². The van der Waals surface area contributed by atoms with Crippen LogP contribution < -0.4 is 15.4 Å². The summed E-state index contributed by atoms with van der Waals surface area (Å²) in [6.07, 6.45) is 2.73. The third kappa shape index (κ3) is 2.85. The summed E-state index contributed by atoms with van der Waals surface area (Å²) < 4.78 is 5.38. The molecule has 94 valence electrons. The van der Waals surface area contributed by atoms with Crippen molar-refractivity contribution in [1.82, 2.24) is 9.97 Å². The van der Waals surface area contributed by atoms with Crippen molar-refractivity contribution >= 4 is 5.95 Å². The molecule has 0 radical (unpaired) electrons. The van der Waals surface area contributed by atoms with Gasteiger partial charge in [-0.2, -0.15) is 4.98 Å². The van der Waals surface area contributed by atoms with Gasteiger partial charge >= 0.3 is 0 Å². The van der Waals surface area contributed by atoms with E-state index in [2.05, 4.69) is 21.8 Å². The number of hydrogen-bond donors (Lipinski definition) is 1. The highest BCUT2D eigenvalue weighted by atomic mass is 16.5. The van der Waals surface area contributed by atoms with Gasteiger partial charge in [-0.05, 0) is 19.3 Å². The summed E-state index contributed by atoms with van der Waals surface area (Å²) >= 11 is 0. The average molecular weight is 236 g/mol. The number of ether oxygens (including phenoxy) is 1. The van der Waals surface area contributed by atoms with E-state index in [0.29, 0.717) is 24.4 Å². The zero-order chi connectivity index (χ0) is 12.3. The molecule has 1 aromatic heterocycles. The second-order valence-corrected chi connectivity index (χ2v) is 4.50. The van der Waals surface area contributed by atoms with Gasteiger partial charge in [-0.15, -0.1) is 0 Å². The molecular formula is C12H20N4O. The first kappa shape index (κ1) is 12.1. The maximum absolute atomic E-state index is 6.00. The van der Waals surface area contributed by atoms with Crippen LogP contribution in [0, 0.1) is 5.92 Å². The number of aromatic nitrogens is 2. The van der Waals surface area contributed by atoms with Gasteiger partial charge in [-0.1, -0.05) is 6.92 Å². The van der Waals surface area contributed by atoms with Gasteiger partial charge in [0, 0.05) is 31.4 Å². The number of rotatable bonds is 3. The van der Waals surface area contributed by atoms with Gasteiger partial charge in [0.15, 0.2) is 0 Å². The second-order valence-electron chi connectivity index (χ2n) is 4.50. The van der Waals surface area contributed by atoms with Crippen LogP contribution in [0.2, 0.25) is 0 Å². The first-order valence-corrected chi connectivity index (χ1v) is 6.17. The van der Waals surface area contributed by atoms with Gasteiger partial charge in [-0.25, -0.2) is 4.98 Å². The van der Waals surface area contributed by atoms with Crippen molar-refractivity contribution in [2.24, 2.45) is 11.7 Å². The van der Waals surface area contributed by atoms with E-state index in [-0.39, 0.29) is 0 Å². The molecule has 2 heterocycles. The van der Waals surface area contributed by atoms with Gasteiger partial charge in [0.2, 0.25) is 11.8 Å². The summed E-state index contributed by atoms with van der Waals surface area (Å²) in [6.45, 7) is 6.57. The van der Waals surface area contributed by atoms with Crippen molar-refractivity contribution < 1.29 is 4.74 Å². The summed E-state index contributed by atoms with van der Waals surface area (Å²) in [6, 6.07) is 2.08. The monoisotopic (exact) mass is 236 g/mol. The minimum atomic E-state index is 0.293. The number of piperidine rings is 1. The molecule has 5 heteroatoms. The van der Waals surface area contributed by atoms with Crippen LogP contribution in [0.5, 0.6) is 5.88 Å². The van der Waals surface area contributed by atoms with E-state index in [0.717, 1.165) is 25.5 Å². The van der Waals surface area contributed by atoms with E-state index >= 15 is 0 Å².